The van der Waals surface area contributed by atoms with E-state index < -0.39 is 0 Å². The van der Waals surface area contributed by atoms with Crippen molar-refractivity contribution in [2.45, 2.75) is 26.4 Å². The third-order valence-electron chi connectivity index (χ3n) is 4.63. The first-order chi connectivity index (χ1) is 13.4. The lowest BCUT2D eigenvalue weighted by Crippen LogP contribution is -2.36. The molecule has 1 fully saturated rings. The Kier molecular flexibility index (Phi) is 4.85. The highest BCUT2D eigenvalue weighted by atomic mass is 16.5. The van der Waals surface area contributed by atoms with Gasteiger partial charge < -0.3 is 18.8 Å². The second-order valence-corrected chi connectivity index (χ2v) is 7.97. The molecule has 0 unspecified atom stereocenters. The van der Waals surface area contributed by atoms with Crippen molar-refractivity contribution in [3.63, 3.8) is 0 Å². The Labute approximate surface area is 164 Å². The van der Waals surface area contributed by atoms with Crippen LogP contribution in [-0.2, 0) is 4.74 Å². The van der Waals surface area contributed by atoms with Crippen LogP contribution in [-0.4, -0.2) is 31.9 Å². The molecule has 0 radical (unpaired) electrons. The number of nitrogens with zero attached hydrogens (tertiary/aromatic N) is 1. The van der Waals surface area contributed by atoms with Crippen molar-refractivity contribution in [2.24, 2.45) is 0 Å². The van der Waals surface area contributed by atoms with Gasteiger partial charge in [0.25, 0.3) is 0 Å². The molecule has 1 aromatic heterocycles. The lowest BCUT2D eigenvalue weighted by molar-refractivity contribution is 0.121. The molecule has 1 aliphatic heterocycles. The molecule has 1 saturated heterocycles. The van der Waals surface area contributed by atoms with Crippen LogP contribution >= 0.6 is 0 Å². The second-order valence-electron chi connectivity index (χ2n) is 7.97. The summed E-state index contributed by atoms with van der Waals surface area (Å²) in [4.78, 5) is 14.8. The van der Waals surface area contributed by atoms with Gasteiger partial charge in [0.2, 0.25) is 0 Å². The molecule has 2 heterocycles. The Hall–Kier alpha value is -2.79. The second kappa shape index (κ2) is 7.32. The Morgan fingerprint density at radius 1 is 1.00 bits per heavy atom. The van der Waals surface area contributed by atoms with Gasteiger partial charge in [0, 0.05) is 24.7 Å². The van der Waals surface area contributed by atoms with E-state index >= 15 is 0 Å². The maximum absolute atomic E-state index is 12.7. The normalized spacial score (nSPS) is 15.0. The van der Waals surface area contributed by atoms with Gasteiger partial charge in [0.15, 0.2) is 11.3 Å². The molecule has 5 heteroatoms. The minimum atomic E-state index is -0.284. The first-order valence-electron chi connectivity index (χ1n) is 9.60. The summed E-state index contributed by atoms with van der Waals surface area (Å²) in [5.41, 5.74) is 2.11. The molecule has 3 aromatic rings. The van der Waals surface area contributed by atoms with Crippen LogP contribution in [0.25, 0.3) is 22.1 Å². The van der Waals surface area contributed by atoms with Gasteiger partial charge in [-0.1, -0.05) is 24.3 Å². The van der Waals surface area contributed by atoms with Crippen LogP contribution in [0.2, 0.25) is 0 Å². The van der Waals surface area contributed by atoms with E-state index in [0.29, 0.717) is 43.2 Å². The van der Waals surface area contributed by atoms with Gasteiger partial charge in [-0.2, -0.15) is 0 Å². The monoisotopic (exact) mass is 379 g/mol. The summed E-state index contributed by atoms with van der Waals surface area (Å²) in [5.74, 6) is 1.38. The molecule has 0 bridgehead atoms. The van der Waals surface area contributed by atoms with E-state index in [0.717, 1.165) is 16.9 Å². The van der Waals surface area contributed by atoms with Crippen LogP contribution in [0.1, 0.15) is 20.8 Å². The fourth-order valence-electron chi connectivity index (χ4n) is 3.41. The predicted octanol–water partition coefficient (Wildman–Crippen LogP) is 4.47. The molecule has 0 N–H and O–H groups in total. The minimum Gasteiger partial charge on any atom is -0.488 e. The Morgan fingerprint density at radius 2 is 1.75 bits per heavy atom. The van der Waals surface area contributed by atoms with Crippen molar-refractivity contribution >= 4 is 16.9 Å². The Balaban J connectivity index is 1.82. The minimum absolute atomic E-state index is 0.0355. The summed E-state index contributed by atoms with van der Waals surface area (Å²) in [5, 5.41) is 0.580. The highest BCUT2D eigenvalue weighted by molar-refractivity contribution is 5.92. The van der Waals surface area contributed by atoms with Crippen LogP contribution in [0, 0.1) is 0 Å². The Morgan fingerprint density at radius 3 is 2.50 bits per heavy atom. The molecule has 0 saturated carbocycles. The maximum atomic E-state index is 12.7. The highest BCUT2D eigenvalue weighted by Crippen LogP contribution is 2.32. The van der Waals surface area contributed by atoms with Gasteiger partial charge in [-0.25, -0.2) is 0 Å². The van der Waals surface area contributed by atoms with Gasteiger partial charge in [-0.15, -0.1) is 0 Å². The first kappa shape index (κ1) is 18.6. The van der Waals surface area contributed by atoms with Crippen molar-refractivity contribution in [1.82, 2.24) is 0 Å². The van der Waals surface area contributed by atoms with Crippen molar-refractivity contribution in [3.05, 3.63) is 58.8 Å². The van der Waals surface area contributed by atoms with Gasteiger partial charge in [0.05, 0.1) is 18.6 Å². The van der Waals surface area contributed by atoms with E-state index in [9.17, 15) is 4.79 Å². The lowest BCUT2D eigenvalue weighted by atomic mass is 10.0. The van der Waals surface area contributed by atoms with Gasteiger partial charge in [-0.3, -0.25) is 4.79 Å². The summed E-state index contributed by atoms with van der Waals surface area (Å²) < 4.78 is 17.7. The van der Waals surface area contributed by atoms with Crippen LogP contribution in [0.15, 0.2) is 57.7 Å². The van der Waals surface area contributed by atoms with E-state index in [4.69, 9.17) is 13.9 Å². The number of anilines is 1. The van der Waals surface area contributed by atoms with Crippen LogP contribution < -0.4 is 15.1 Å². The van der Waals surface area contributed by atoms with Crippen LogP contribution in [0.4, 0.5) is 5.88 Å². The van der Waals surface area contributed by atoms with E-state index in [-0.39, 0.29) is 11.0 Å². The summed E-state index contributed by atoms with van der Waals surface area (Å²) in [7, 11) is 0. The quantitative estimate of drug-likeness (QED) is 0.672. The third-order valence-corrected chi connectivity index (χ3v) is 4.63. The molecule has 28 heavy (non-hydrogen) atoms. The predicted molar refractivity (Wildman–Crippen MR) is 111 cm³/mol. The van der Waals surface area contributed by atoms with E-state index in [1.807, 2.05) is 63.2 Å². The topological polar surface area (TPSA) is 51.9 Å². The molecule has 4 rings (SSSR count). The fraction of sp³-hybridized carbons (Fsp3) is 0.348. The molecule has 1 aliphatic rings. The van der Waals surface area contributed by atoms with Crippen molar-refractivity contribution in [3.8, 4) is 16.9 Å². The standard InChI is InChI=1S/C23H25NO4/c1-23(2,3)28-17-7-4-6-16(14-17)18-8-5-9-19-20(25)15-21(27-22(18)19)24-10-12-26-13-11-24/h4-9,14-15H,10-13H2,1-3H3. The van der Waals surface area contributed by atoms with E-state index in [1.165, 1.54) is 0 Å². The molecule has 2 aromatic carbocycles. The van der Waals surface area contributed by atoms with Crippen molar-refractivity contribution in [2.75, 3.05) is 31.2 Å². The number of fused-ring (bicyclic) bond motifs is 1. The number of ether oxygens (including phenoxy) is 2. The van der Waals surface area contributed by atoms with Gasteiger partial charge in [0.1, 0.15) is 16.9 Å². The largest absolute Gasteiger partial charge is 0.488 e. The zero-order valence-electron chi connectivity index (χ0n) is 16.5. The summed E-state index contributed by atoms with van der Waals surface area (Å²) >= 11 is 0. The highest BCUT2D eigenvalue weighted by Gasteiger charge is 2.18. The first-order valence-corrected chi connectivity index (χ1v) is 9.60. The molecular formula is C23H25NO4. The molecule has 0 amide bonds. The average molecular weight is 379 g/mol. The molecule has 5 nitrogen and oxygen atoms in total. The number of para-hydroxylation sites is 1. The molecule has 146 valence electrons. The number of hydrogen-bond donors (Lipinski definition) is 0. The zero-order valence-corrected chi connectivity index (χ0v) is 16.5. The molecule has 0 aliphatic carbocycles. The molecule has 0 spiro atoms. The number of hydrogen-bond acceptors (Lipinski definition) is 5. The number of morpholine rings is 1. The van der Waals surface area contributed by atoms with Crippen LogP contribution in [0.3, 0.4) is 0 Å². The summed E-state index contributed by atoms with van der Waals surface area (Å²) in [6, 6.07) is 15.1. The lowest BCUT2D eigenvalue weighted by Gasteiger charge is -2.27. The fourth-order valence-corrected chi connectivity index (χ4v) is 3.41. The maximum Gasteiger partial charge on any atom is 0.200 e. The summed E-state index contributed by atoms with van der Waals surface area (Å²) in [6.45, 7) is 8.75. The number of rotatable bonds is 3. The van der Waals surface area contributed by atoms with E-state index in [1.54, 1.807) is 6.07 Å². The smallest absolute Gasteiger partial charge is 0.200 e. The van der Waals surface area contributed by atoms with Gasteiger partial charge in [-0.05, 0) is 44.5 Å². The SMILES string of the molecule is CC(C)(C)Oc1cccc(-c2cccc3c(=O)cc(N4CCOCC4)oc23)c1. The Bertz CT molecular complexity index is 1040. The molecular weight excluding hydrogens is 354 g/mol. The van der Waals surface area contributed by atoms with Crippen LogP contribution in [0.5, 0.6) is 5.75 Å². The third kappa shape index (κ3) is 3.90. The molecule has 0 atom stereocenters. The number of benzene rings is 2. The average Bonchev–Trinajstić information content (AvgIpc) is 2.67. The van der Waals surface area contributed by atoms with E-state index in [2.05, 4.69) is 4.90 Å². The van der Waals surface area contributed by atoms with Crippen molar-refractivity contribution in [1.29, 1.82) is 0 Å². The zero-order chi connectivity index (χ0) is 19.7. The van der Waals surface area contributed by atoms with Crippen molar-refractivity contribution < 1.29 is 13.9 Å². The summed E-state index contributed by atoms with van der Waals surface area (Å²) in [6.07, 6.45) is 0. The van der Waals surface area contributed by atoms with Gasteiger partial charge >= 0.3 is 0 Å².